The fraction of sp³-hybridized carbons (Fsp3) is 0.500. The highest BCUT2D eigenvalue weighted by Gasteiger charge is 2.40. The Morgan fingerprint density at radius 2 is 2.18 bits per heavy atom. The van der Waals surface area contributed by atoms with E-state index in [1.807, 2.05) is 7.05 Å². The molecular weight excluding hydrogens is 217 g/mol. The van der Waals surface area contributed by atoms with Gasteiger partial charge in [0.1, 0.15) is 12.0 Å². The topological polar surface area (TPSA) is 20.3 Å². The van der Waals surface area contributed by atoms with Gasteiger partial charge in [0, 0.05) is 18.0 Å². The Balaban J connectivity index is 2.33. The van der Waals surface area contributed by atoms with E-state index >= 15 is 0 Å². The molecule has 2 nitrogen and oxygen atoms in total. The van der Waals surface area contributed by atoms with Gasteiger partial charge in [0.05, 0.1) is 0 Å². The molecule has 1 heterocycles. The van der Waals surface area contributed by atoms with E-state index in [-0.39, 0.29) is 5.92 Å². The van der Waals surface area contributed by atoms with Gasteiger partial charge in [-0.25, -0.2) is 4.39 Å². The van der Waals surface area contributed by atoms with Crippen LogP contribution in [0.15, 0.2) is 24.3 Å². The predicted molar refractivity (Wildman–Crippen MR) is 65.9 cm³/mol. The number of carbonyl (C=O) groups is 1. The van der Waals surface area contributed by atoms with Crippen molar-refractivity contribution in [3.05, 3.63) is 35.4 Å². The zero-order valence-corrected chi connectivity index (χ0v) is 10.3. The molecule has 0 saturated carbocycles. The van der Waals surface area contributed by atoms with E-state index < -0.39 is 5.67 Å². The Morgan fingerprint density at radius 3 is 2.76 bits per heavy atom. The molecule has 1 fully saturated rings. The summed E-state index contributed by atoms with van der Waals surface area (Å²) in [6, 6.07) is 6.96. The molecule has 0 amide bonds. The summed E-state index contributed by atoms with van der Waals surface area (Å²) in [6.07, 6.45) is 1.59. The van der Waals surface area contributed by atoms with Gasteiger partial charge in [0.15, 0.2) is 0 Å². The molecule has 2 atom stereocenters. The lowest BCUT2D eigenvalue weighted by atomic mass is 9.82. The van der Waals surface area contributed by atoms with Crippen molar-refractivity contribution in [2.24, 2.45) is 5.92 Å². The van der Waals surface area contributed by atoms with Crippen molar-refractivity contribution < 1.29 is 9.18 Å². The quantitative estimate of drug-likeness (QED) is 0.751. The Morgan fingerprint density at radius 1 is 1.47 bits per heavy atom. The fourth-order valence-corrected chi connectivity index (χ4v) is 2.64. The van der Waals surface area contributed by atoms with Gasteiger partial charge < -0.3 is 4.90 Å². The molecular formula is C14H18FNO. The fourth-order valence-electron chi connectivity index (χ4n) is 2.64. The second-order valence-electron chi connectivity index (χ2n) is 5.03. The highest BCUT2D eigenvalue weighted by molar-refractivity contribution is 5.77. The standard InChI is InChI=1S/C14H18FNO/c1-14(15,12-7-8-16(2)9-12)13-6-4-3-5-11(13)10-17/h3-6,10,12H,7-9H2,1-2H3. The summed E-state index contributed by atoms with van der Waals surface area (Å²) in [4.78, 5) is 13.1. The number of alkyl halides is 1. The number of carbonyl (C=O) groups excluding carboxylic acids is 1. The molecule has 2 unspecified atom stereocenters. The van der Waals surface area contributed by atoms with E-state index in [4.69, 9.17) is 0 Å². The van der Waals surface area contributed by atoms with Crippen LogP contribution in [0, 0.1) is 5.92 Å². The average Bonchev–Trinajstić information content (AvgIpc) is 2.76. The number of halogens is 1. The average molecular weight is 235 g/mol. The summed E-state index contributed by atoms with van der Waals surface area (Å²) in [6.45, 7) is 3.27. The zero-order valence-electron chi connectivity index (χ0n) is 10.3. The minimum absolute atomic E-state index is 0.0337. The molecule has 0 aromatic heterocycles. The lowest BCUT2D eigenvalue weighted by molar-refractivity contribution is 0.100. The monoisotopic (exact) mass is 235 g/mol. The van der Waals surface area contributed by atoms with Crippen LogP contribution >= 0.6 is 0 Å². The number of benzene rings is 1. The summed E-state index contributed by atoms with van der Waals surface area (Å²) < 4.78 is 15.0. The minimum atomic E-state index is -1.43. The maximum absolute atomic E-state index is 15.0. The van der Waals surface area contributed by atoms with Crippen LogP contribution in [0.4, 0.5) is 4.39 Å². The van der Waals surface area contributed by atoms with Gasteiger partial charge >= 0.3 is 0 Å². The third-order valence-electron chi connectivity index (χ3n) is 3.77. The molecule has 92 valence electrons. The van der Waals surface area contributed by atoms with Crippen LogP contribution in [-0.2, 0) is 5.67 Å². The second-order valence-corrected chi connectivity index (χ2v) is 5.03. The Hall–Kier alpha value is -1.22. The van der Waals surface area contributed by atoms with Crippen molar-refractivity contribution >= 4 is 6.29 Å². The zero-order chi connectivity index (χ0) is 12.5. The van der Waals surface area contributed by atoms with Gasteiger partial charge in [-0.15, -0.1) is 0 Å². The Labute approximate surface area is 101 Å². The van der Waals surface area contributed by atoms with Crippen LogP contribution in [0.1, 0.15) is 29.3 Å². The largest absolute Gasteiger partial charge is 0.306 e. The third kappa shape index (κ3) is 2.25. The number of rotatable bonds is 3. The first-order valence-electron chi connectivity index (χ1n) is 5.98. The first-order valence-corrected chi connectivity index (χ1v) is 5.98. The molecule has 0 bridgehead atoms. The van der Waals surface area contributed by atoms with Crippen molar-refractivity contribution in [1.29, 1.82) is 0 Å². The Kier molecular flexibility index (Phi) is 3.29. The molecule has 3 heteroatoms. The first-order chi connectivity index (χ1) is 8.05. The van der Waals surface area contributed by atoms with Gasteiger partial charge in [-0.1, -0.05) is 24.3 Å². The molecule has 0 spiro atoms. The normalized spacial score (nSPS) is 24.5. The minimum Gasteiger partial charge on any atom is -0.306 e. The molecule has 1 aliphatic heterocycles. The van der Waals surface area contributed by atoms with Gasteiger partial charge in [-0.05, 0) is 32.5 Å². The van der Waals surface area contributed by atoms with Gasteiger partial charge in [-0.2, -0.15) is 0 Å². The number of aldehydes is 1. The van der Waals surface area contributed by atoms with Gasteiger partial charge in [-0.3, -0.25) is 4.79 Å². The van der Waals surface area contributed by atoms with Crippen molar-refractivity contribution in [3.63, 3.8) is 0 Å². The predicted octanol–water partition coefficient (Wildman–Crippen LogP) is 2.64. The molecule has 1 aromatic rings. The number of likely N-dealkylation sites (tertiary alicyclic amines) is 1. The van der Waals surface area contributed by atoms with Crippen LogP contribution in [0.3, 0.4) is 0 Å². The van der Waals surface area contributed by atoms with Crippen molar-refractivity contribution in [3.8, 4) is 0 Å². The summed E-state index contributed by atoms with van der Waals surface area (Å²) in [5.74, 6) is -0.0337. The van der Waals surface area contributed by atoms with E-state index in [9.17, 15) is 9.18 Å². The van der Waals surface area contributed by atoms with E-state index in [0.717, 1.165) is 25.8 Å². The van der Waals surface area contributed by atoms with Crippen LogP contribution in [0.2, 0.25) is 0 Å². The molecule has 2 rings (SSSR count). The Bertz CT molecular complexity index is 416. The summed E-state index contributed by atoms with van der Waals surface area (Å²) >= 11 is 0. The van der Waals surface area contributed by atoms with Crippen LogP contribution in [-0.4, -0.2) is 31.3 Å². The van der Waals surface area contributed by atoms with Crippen molar-refractivity contribution in [2.45, 2.75) is 19.0 Å². The van der Waals surface area contributed by atoms with Crippen molar-refractivity contribution in [2.75, 3.05) is 20.1 Å². The molecule has 1 aromatic carbocycles. The van der Waals surface area contributed by atoms with E-state index in [2.05, 4.69) is 4.90 Å². The lowest BCUT2D eigenvalue weighted by Gasteiger charge is -2.28. The van der Waals surface area contributed by atoms with Gasteiger partial charge in [0.2, 0.25) is 0 Å². The first kappa shape index (κ1) is 12.2. The van der Waals surface area contributed by atoms with Crippen LogP contribution in [0.5, 0.6) is 0 Å². The molecule has 1 saturated heterocycles. The SMILES string of the molecule is CN1CCC(C(C)(F)c2ccccc2C=O)C1. The molecule has 0 N–H and O–H groups in total. The maximum Gasteiger partial charge on any atom is 0.150 e. The van der Waals surface area contributed by atoms with Crippen LogP contribution in [0.25, 0.3) is 0 Å². The maximum atomic E-state index is 15.0. The second kappa shape index (κ2) is 4.57. The summed E-state index contributed by atoms with van der Waals surface area (Å²) in [5, 5.41) is 0. The highest BCUT2D eigenvalue weighted by Crippen LogP contribution is 2.39. The summed E-state index contributed by atoms with van der Waals surface area (Å²) in [7, 11) is 2.00. The number of hydrogen-bond donors (Lipinski definition) is 0. The van der Waals surface area contributed by atoms with E-state index in [1.165, 1.54) is 0 Å². The molecule has 0 aliphatic carbocycles. The summed E-state index contributed by atoms with van der Waals surface area (Å²) in [5.41, 5.74) is -0.440. The van der Waals surface area contributed by atoms with Crippen LogP contribution < -0.4 is 0 Å². The third-order valence-corrected chi connectivity index (χ3v) is 3.77. The van der Waals surface area contributed by atoms with E-state index in [1.54, 1.807) is 31.2 Å². The number of hydrogen-bond acceptors (Lipinski definition) is 2. The molecule has 17 heavy (non-hydrogen) atoms. The van der Waals surface area contributed by atoms with E-state index in [0.29, 0.717) is 11.1 Å². The smallest absolute Gasteiger partial charge is 0.150 e. The molecule has 0 radical (unpaired) electrons. The number of nitrogens with zero attached hydrogens (tertiary/aromatic N) is 1. The lowest BCUT2D eigenvalue weighted by Crippen LogP contribution is -2.30. The highest BCUT2D eigenvalue weighted by atomic mass is 19.1. The van der Waals surface area contributed by atoms with Crippen molar-refractivity contribution in [1.82, 2.24) is 4.90 Å². The molecule has 1 aliphatic rings. The van der Waals surface area contributed by atoms with Gasteiger partial charge in [0.25, 0.3) is 0 Å².